The first-order chi connectivity index (χ1) is 7.15. The number of nitrogen functional groups attached to an aromatic ring is 1. The van der Waals surface area contributed by atoms with Gasteiger partial charge < -0.3 is 5.73 Å². The predicted octanol–water partition coefficient (Wildman–Crippen LogP) is 2.14. The van der Waals surface area contributed by atoms with Crippen LogP contribution in [0.2, 0.25) is 0 Å². The van der Waals surface area contributed by atoms with E-state index in [-0.39, 0.29) is 5.82 Å². The highest BCUT2D eigenvalue weighted by atomic mass is 19.1. The molecule has 1 aromatic carbocycles. The Bertz CT molecular complexity index is 584. The minimum atomic E-state index is -0.320. The van der Waals surface area contributed by atoms with Crippen LogP contribution in [0.3, 0.4) is 0 Å². The van der Waals surface area contributed by atoms with Crippen molar-refractivity contribution in [3.8, 4) is 6.07 Å². The van der Waals surface area contributed by atoms with Crippen LogP contribution < -0.4 is 5.73 Å². The molecule has 1 heterocycles. The number of fused-ring (bicyclic) bond motifs is 1. The zero-order chi connectivity index (χ0) is 11.0. The van der Waals surface area contributed by atoms with Crippen LogP contribution in [0.1, 0.15) is 11.1 Å². The molecule has 0 radical (unpaired) electrons. The Morgan fingerprint density at radius 3 is 2.87 bits per heavy atom. The summed E-state index contributed by atoms with van der Waals surface area (Å²) in [5.74, 6) is -0.320. The van der Waals surface area contributed by atoms with E-state index in [4.69, 9.17) is 11.0 Å². The first kappa shape index (κ1) is 9.41. The monoisotopic (exact) mass is 201 g/mol. The number of anilines is 1. The minimum Gasteiger partial charge on any atom is -0.397 e. The lowest BCUT2D eigenvalue weighted by Gasteiger charge is -2.05. The molecular weight excluding hydrogens is 193 g/mol. The molecule has 0 aliphatic carbocycles. The fourth-order valence-corrected chi connectivity index (χ4v) is 1.49. The Morgan fingerprint density at radius 1 is 1.47 bits per heavy atom. The normalized spacial score (nSPS) is 10.2. The summed E-state index contributed by atoms with van der Waals surface area (Å²) >= 11 is 0. The van der Waals surface area contributed by atoms with Gasteiger partial charge in [0, 0.05) is 17.1 Å². The summed E-state index contributed by atoms with van der Waals surface area (Å²) in [5.41, 5.74) is 7.38. The molecule has 0 saturated heterocycles. The van der Waals surface area contributed by atoms with Crippen LogP contribution in [0.15, 0.2) is 18.3 Å². The molecule has 0 aliphatic rings. The topological polar surface area (TPSA) is 62.7 Å². The van der Waals surface area contributed by atoms with Crippen molar-refractivity contribution in [3.05, 3.63) is 35.3 Å². The van der Waals surface area contributed by atoms with Crippen molar-refractivity contribution in [2.75, 3.05) is 5.73 Å². The van der Waals surface area contributed by atoms with Crippen LogP contribution in [-0.4, -0.2) is 4.98 Å². The molecule has 0 fully saturated rings. The van der Waals surface area contributed by atoms with Gasteiger partial charge in [-0.25, -0.2) is 4.39 Å². The molecule has 3 nitrogen and oxygen atoms in total. The van der Waals surface area contributed by atoms with Gasteiger partial charge in [-0.05, 0) is 19.1 Å². The summed E-state index contributed by atoms with van der Waals surface area (Å²) < 4.78 is 13.2. The van der Waals surface area contributed by atoms with Crippen LogP contribution in [0.5, 0.6) is 0 Å². The molecule has 4 heteroatoms. The number of aryl methyl sites for hydroxylation is 1. The van der Waals surface area contributed by atoms with E-state index in [1.165, 1.54) is 12.3 Å². The second-order valence-electron chi connectivity index (χ2n) is 3.27. The van der Waals surface area contributed by atoms with Gasteiger partial charge in [0.2, 0.25) is 0 Å². The van der Waals surface area contributed by atoms with Crippen molar-refractivity contribution >= 4 is 16.6 Å². The number of nitrogens with two attached hydrogens (primary N) is 1. The molecule has 15 heavy (non-hydrogen) atoms. The second-order valence-corrected chi connectivity index (χ2v) is 3.27. The highest BCUT2D eigenvalue weighted by Crippen LogP contribution is 2.25. The van der Waals surface area contributed by atoms with E-state index in [0.717, 1.165) is 0 Å². The maximum Gasteiger partial charge on any atom is 0.128 e. The Balaban J connectivity index is 2.93. The van der Waals surface area contributed by atoms with E-state index in [1.54, 1.807) is 13.0 Å². The number of rotatable bonds is 0. The van der Waals surface area contributed by atoms with Gasteiger partial charge in [0.25, 0.3) is 0 Å². The minimum absolute atomic E-state index is 0.313. The van der Waals surface area contributed by atoms with Crippen molar-refractivity contribution in [2.24, 2.45) is 0 Å². The lowest BCUT2D eigenvalue weighted by atomic mass is 10.1. The third-order valence-electron chi connectivity index (χ3n) is 2.39. The Hall–Kier alpha value is -2.15. The number of hydrogen-bond donors (Lipinski definition) is 1. The van der Waals surface area contributed by atoms with E-state index in [9.17, 15) is 4.39 Å². The summed E-state index contributed by atoms with van der Waals surface area (Å²) in [6.45, 7) is 1.64. The van der Waals surface area contributed by atoms with Gasteiger partial charge in [0.15, 0.2) is 0 Å². The molecular formula is C11H8FN3. The van der Waals surface area contributed by atoms with Gasteiger partial charge >= 0.3 is 0 Å². The van der Waals surface area contributed by atoms with Crippen LogP contribution in [0.4, 0.5) is 10.1 Å². The van der Waals surface area contributed by atoms with Crippen molar-refractivity contribution in [1.82, 2.24) is 4.98 Å². The molecule has 2 aromatic rings. The fourth-order valence-electron chi connectivity index (χ4n) is 1.49. The first-order valence-electron chi connectivity index (χ1n) is 4.38. The molecule has 0 aliphatic heterocycles. The van der Waals surface area contributed by atoms with Crippen molar-refractivity contribution < 1.29 is 4.39 Å². The third kappa shape index (κ3) is 1.29. The van der Waals surface area contributed by atoms with E-state index in [2.05, 4.69) is 4.98 Å². The molecule has 0 unspecified atom stereocenters. The van der Waals surface area contributed by atoms with Gasteiger partial charge in [-0.15, -0.1) is 0 Å². The molecule has 1 aromatic heterocycles. The molecule has 0 spiro atoms. The highest BCUT2D eigenvalue weighted by Gasteiger charge is 2.09. The lowest BCUT2D eigenvalue weighted by molar-refractivity contribution is 0.620. The van der Waals surface area contributed by atoms with E-state index in [0.29, 0.717) is 27.7 Å². The number of hydrogen-bond acceptors (Lipinski definition) is 3. The lowest BCUT2D eigenvalue weighted by Crippen LogP contribution is -1.96. The van der Waals surface area contributed by atoms with Crippen LogP contribution in [0.25, 0.3) is 10.9 Å². The van der Waals surface area contributed by atoms with Gasteiger partial charge in [-0.2, -0.15) is 5.26 Å². The zero-order valence-electron chi connectivity index (χ0n) is 8.08. The molecule has 0 saturated carbocycles. The molecule has 74 valence electrons. The smallest absolute Gasteiger partial charge is 0.128 e. The van der Waals surface area contributed by atoms with Crippen LogP contribution >= 0.6 is 0 Å². The van der Waals surface area contributed by atoms with Gasteiger partial charge in [-0.1, -0.05) is 0 Å². The Labute approximate surface area is 86.0 Å². The molecule has 2 rings (SSSR count). The SMILES string of the molecule is Cc1c(F)ccc2c(N)c(C#N)cnc12. The Morgan fingerprint density at radius 2 is 2.20 bits per heavy atom. The third-order valence-corrected chi connectivity index (χ3v) is 2.39. The Kier molecular flexibility index (Phi) is 2.01. The summed E-state index contributed by atoms with van der Waals surface area (Å²) in [5, 5.41) is 9.38. The summed E-state index contributed by atoms with van der Waals surface area (Å²) in [4.78, 5) is 4.03. The van der Waals surface area contributed by atoms with E-state index < -0.39 is 0 Å². The number of halogens is 1. The van der Waals surface area contributed by atoms with Crippen molar-refractivity contribution in [1.29, 1.82) is 5.26 Å². The van der Waals surface area contributed by atoms with Gasteiger partial charge in [0.1, 0.15) is 11.9 Å². The standard InChI is InChI=1S/C11H8FN3/c1-6-9(12)3-2-8-10(14)7(4-13)5-15-11(6)8/h2-3,5H,1H3,(H2,14,15). The maximum atomic E-state index is 13.2. The average molecular weight is 201 g/mol. The van der Waals surface area contributed by atoms with Gasteiger partial charge in [-0.3, -0.25) is 4.98 Å². The number of pyridine rings is 1. The average Bonchev–Trinajstić information content (AvgIpc) is 2.24. The second kappa shape index (κ2) is 3.21. The molecule has 0 atom stereocenters. The number of benzene rings is 1. The summed E-state index contributed by atoms with van der Waals surface area (Å²) in [6.07, 6.45) is 1.37. The largest absolute Gasteiger partial charge is 0.397 e. The van der Waals surface area contributed by atoms with E-state index in [1.807, 2.05) is 6.07 Å². The predicted molar refractivity (Wildman–Crippen MR) is 55.6 cm³/mol. The number of nitriles is 1. The van der Waals surface area contributed by atoms with Crippen molar-refractivity contribution in [2.45, 2.75) is 6.92 Å². The fraction of sp³-hybridized carbons (Fsp3) is 0.0909. The van der Waals surface area contributed by atoms with Crippen LogP contribution in [-0.2, 0) is 0 Å². The highest BCUT2D eigenvalue weighted by molar-refractivity contribution is 5.94. The zero-order valence-corrected chi connectivity index (χ0v) is 8.08. The van der Waals surface area contributed by atoms with Crippen molar-refractivity contribution in [3.63, 3.8) is 0 Å². The summed E-state index contributed by atoms with van der Waals surface area (Å²) in [7, 11) is 0. The molecule has 0 bridgehead atoms. The van der Waals surface area contributed by atoms with Gasteiger partial charge in [0.05, 0.1) is 16.8 Å². The first-order valence-corrected chi connectivity index (χ1v) is 4.38. The van der Waals surface area contributed by atoms with Crippen LogP contribution in [0, 0.1) is 24.1 Å². The summed E-state index contributed by atoms with van der Waals surface area (Å²) in [6, 6.07) is 4.81. The maximum absolute atomic E-state index is 13.2. The molecule has 2 N–H and O–H groups in total. The quantitative estimate of drug-likeness (QED) is 0.710. The number of nitrogens with zero attached hydrogens (tertiary/aromatic N) is 2. The number of aromatic nitrogens is 1. The molecule has 0 amide bonds. The van der Waals surface area contributed by atoms with E-state index >= 15 is 0 Å².